The fraction of sp³-hybridized carbons (Fsp3) is 0. The molecule has 0 bridgehead atoms. The third-order valence-electron chi connectivity index (χ3n) is 2.71. The Morgan fingerprint density at radius 2 is 1.41 bits per heavy atom. The van der Waals surface area contributed by atoms with Crippen LogP contribution in [-0.4, -0.2) is 0 Å². The highest BCUT2D eigenvalue weighted by atomic mass is 32.2. The molecule has 1 aliphatic heterocycles. The predicted octanol–water partition coefficient (Wildman–Crippen LogP) is 4.36. The van der Waals surface area contributed by atoms with E-state index in [1.165, 1.54) is 16.9 Å². The number of nitrogens with zero attached hydrogens (tertiary/aromatic N) is 1. The maximum atomic E-state index is 2.22. The average molecular weight is 238 g/mol. The number of para-hydroxylation sites is 1. The minimum absolute atomic E-state index is 1.20. The summed E-state index contributed by atoms with van der Waals surface area (Å²) in [6, 6.07) is 20.9. The maximum absolute atomic E-state index is 2.22. The van der Waals surface area contributed by atoms with Gasteiger partial charge in [0.15, 0.2) is 0 Å². The van der Waals surface area contributed by atoms with Crippen molar-refractivity contribution in [2.45, 2.75) is 0 Å². The Morgan fingerprint density at radius 3 is 2.12 bits per heavy atom. The summed E-state index contributed by atoms with van der Waals surface area (Å²) in [5.74, 6) is 2.14. The number of thioether (sulfide) groups is 1. The van der Waals surface area contributed by atoms with E-state index in [1.54, 1.807) is 11.8 Å². The minimum atomic E-state index is 1.20. The van der Waals surface area contributed by atoms with Gasteiger partial charge in [-0.05, 0) is 23.1 Å². The van der Waals surface area contributed by atoms with Gasteiger partial charge in [0.1, 0.15) is 5.88 Å². The quantitative estimate of drug-likeness (QED) is 0.765. The van der Waals surface area contributed by atoms with Crippen molar-refractivity contribution >= 4 is 23.1 Å². The van der Waals surface area contributed by atoms with Crippen LogP contribution in [0.5, 0.6) is 0 Å². The van der Waals surface area contributed by atoms with Crippen LogP contribution in [0.3, 0.4) is 0 Å². The lowest BCUT2D eigenvalue weighted by molar-refractivity contribution is 1.29. The van der Waals surface area contributed by atoms with Gasteiger partial charge in [-0.1, -0.05) is 48.5 Å². The van der Waals surface area contributed by atoms with E-state index < -0.39 is 0 Å². The fourth-order valence-corrected chi connectivity index (χ4v) is 2.67. The first kappa shape index (κ1) is 10.5. The zero-order chi connectivity index (χ0) is 11.5. The molecular formula is C15H12NS. The van der Waals surface area contributed by atoms with Gasteiger partial charge in [-0.25, -0.2) is 0 Å². The molecule has 0 N–H and O–H groups in total. The molecule has 2 aromatic carbocycles. The van der Waals surface area contributed by atoms with Gasteiger partial charge in [0.2, 0.25) is 0 Å². The zero-order valence-electron chi connectivity index (χ0n) is 9.28. The number of hydrogen-bond donors (Lipinski definition) is 0. The van der Waals surface area contributed by atoms with Crippen LogP contribution in [0.4, 0.5) is 5.69 Å². The number of rotatable bonds is 2. The Morgan fingerprint density at radius 1 is 0.765 bits per heavy atom. The van der Waals surface area contributed by atoms with Crippen molar-refractivity contribution in [1.82, 2.24) is 0 Å². The van der Waals surface area contributed by atoms with E-state index in [0.29, 0.717) is 0 Å². The van der Waals surface area contributed by atoms with E-state index in [4.69, 9.17) is 0 Å². The van der Waals surface area contributed by atoms with Gasteiger partial charge in [-0.15, -0.1) is 11.8 Å². The Kier molecular flexibility index (Phi) is 2.88. The van der Waals surface area contributed by atoms with E-state index in [0.717, 1.165) is 0 Å². The molecule has 1 radical (unpaired) electrons. The van der Waals surface area contributed by atoms with Crippen LogP contribution in [0.1, 0.15) is 5.56 Å². The van der Waals surface area contributed by atoms with Crippen molar-refractivity contribution in [3.8, 4) is 0 Å². The normalized spacial score (nSPS) is 14.8. The van der Waals surface area contributed by atoms with Gasteiger partial charge in [0, 0.05) is 5.69 Å². The van der Waals surface area contributed by atoms with Crippen LogP contribution in [0.2, 0.25) is 0 Å². The number of hydrogen-bond acceptors (Lipinski definition) is 2. The number of benzene rings is 2. The standard InChI is InChI=1S/C15H12NS/c1-3-7-13(8-4-1)15-11-17-12-16(15)14-9-5-2-6-10-14/h1-12H. The van der Waals surface area contributed by atoms with Gasteiger partial charge in [0.25, 0.3) is 0 Å². The van der Waals surface area contributed by atoms with E-state index in [9.17, 15) is 0 Å². The highest BCUT2D eigenvalue weighted by Gasteiger charge is 2.18. The first-order valence-corrected chi connectivity index (χ1v) is 6.48. The smallest absolute Gasteiger partial charge is 0.114 e. The average Bonchev–Trinajstić information content (AvgIpc) is 2.90. The van der Waals surface area contributed by atoms with E-state index in [1.807, 2.05) is 12.1 Å². The molecule has 0 saturated carbocycles. The summed E-state index contributed by atoms with van der Waals surface area (Å²) in [4.78, 5) is 2.22. The monoisotopic (exact) mass is 238 g/mol. The van der Waals surface area contributed by atoms with E-state index in [2.05, 4.69) is 64.7 Å². The van der Waals surface area contributed by atoms with Gasteiger partial charge in [0.05, 0.1) is 5.70 Å². The van der Waals surface area contributed by atoms with Crippen molar-refractivity contribution in [3.05, 3.63) is 77.5 Å². The summed E-state index contributed by atoms with van der Waals surface area (Å²) >= 11 is 1.72. The molecule has 1 nitrogen and oxygen atoms in total. The molecule has 17 heavy (non-hydrogen) atoms. The van der Waals surface area contributed by atoms with Gasteiger partial charge < -0.3 is 4.90 Å². The van der Waals surface area contributed by atoms with Crippen LogP contribution in [-0.2, 0) is 0 Å². The van der Waals surface area contributed by atoms with Crippen LogP contribution < -0.4 is 4.90 Å². The van der Waals surface area contributed by atoms with Gasteiger partial charge >= 0.3 is 0 Å². The van der Waals surface area contributed by atoms with Crippen LogP contribution in [0.25, 0.3) is 5.70 Å². The van der Waals surface area contributed by atoms with Crippen LogP contribution in [0.15, 0.2) is 66.1 Å². The first-order valence-electron chi connectivity index (χ1n) is 5.54. The van der Waals surface area contributed by atoms with E-state index in [-0.39, 0.29) is 0 Å². The van der Waals surface area contributed by atoms with Crippen molar-refractivity contribution in [2.75, 3.05) is 4.90 Å². The molecule has 1 aliphatic rings. The molecule has 0 spiro atoms. The molecule has 0 aliphatic carbocycles. The van der Waals surface area contributed by atoms with Gasteiger partial charge in [-0.2, -0.15) is 0 Å². The maximum Gasteiger partial charge on any atom is 0.114 e. The molecule has 0 aromatic heterocycles. The Hall–Kier alpha value is -1.67. The third-order valence-corrected chi connectivity index (χ3v) is 3.40. The Balaban J connectivity index is 1.96. The van der Waals surface area contributed by atoms with Crippen molar-refractivity contribution < 1.29 is 0 Å². The molecule has 0 fully saturated rings. The highest BCUT2D eigenvalue weighted by molar-refractivity contribution is 8.04. The molecule has 0 amide bonds. The topological polar surface area (TPSA) is 3.24 Å². The second kappa shape index (κ2) is 4.68. The summed E-state index contributed by atoms with van der Waals surface area (Å²) < 4.78 is 0. The highest BCUT2D eigenvalue weighted by Crippen LogP contribution is 2.37. The van der Waals surface area contributed by atoms with Gasteiger partial charge in [-0.3, -0.25) is 0 Å². The molecule has 0 saturated heterocycles. The predicted molar refractivity (Wildman–Crippen MR) is 75.2 cm³/mol. The van der Waals surface area contributed by atoms with Crippen molar-refractivity contribution in [2.24, 2.45) is 0 Å². The molecule has 2 heteroatoms. The molecule has 3 rings (SSSR count). The molecule has 83 valence electrons. The molecule has 2 aromatic rings. The lowest BCUT2D eigenvalue weighted by Crippen LogP contribution is -2.12. The molecule has 1 heterocycles. The second-order valence-corrected chi connectivity index (χ2v) is 4.53. The molecule has 0 atom stereocenters. The summed E-state index contributed by atoms with van der Waals surface area (Å²) in [6.45, 7) is 0. The first-order chi connectivity index (χ1) is 8.45. The lowest BCUT2D eigenvalue weighted by atomic mass is 10.1. The van der Waals surface area contributed by atoms with Crippen LogP contribution >= 0.6 is 11.8 Å². The summed E-state index contributed by atoms with van der Waals surface area (Å²) in [7, 11) is 0. The lowest BCUT2D eigenvalue weighted by Gasteiger charge is -2.21. The second-order valence-electron chi connectivity index (χ2n) is 3.82. The third kappa shape index (κ3) is 2.08. The largest absolute Gasteiger partial charge is 0.325 e. The summed E-state index contributed by atoms with van der Waals surface area (Å²) in [5, 5.41) is 2.18. The minimum Gasteiger partial charge on any atom is -0.325 e. The number of anilines is 1. The zero-order valence-corrected chi connectivity index (χ0v) is 10.1. The van der Waals surface area contributed by atoms with Crippen LogP contribution in [0, 0.1) is 5.88 Å². The van der Waals surface area contributed by atoms with Crippen molar-refractivity contribution in [3.63, 3.8) is 0 Å². The fourth-order valence-electron chi connectivity index (χ4n) is 1.87. The Labute approximate surface area is 106 Å². The SMILES string of the molecule is [CH]1SC=C(c2ccccc2)N1c1ccccc1. The summed E-state index contributed by atoms with van der Waals surface area (Å²) in [5.41, 5.74) is 3.69. The molecular weight excluding hydrogens is 226 g/mol. The van der Waals surface area contributed by atoms with Crippen molar-refractivity contribution in [1.29, 1.82) is 0 Å². The summed E-state index contributed by atoms with van der Waals surface area (Å²) in [6.07, 6.45) is 0. The molecule has 0 unspecified atom stereocenters. The van der Waals surface area contributed by atoms with E-state index >= 15 is 0 Å². The Bertz CT molecular complexity index is 519.